The average Bonchev–Trinajstić information content (AvgIpc) is 2.64. The van der Waals surface area contributed by atoms with Crippen LogP contribution in [0.5, 0.6) is 0 Å². The van der Waals surface area contributed by atoms with Crippen molar-refractivity contribution in [1.82, 2.24) is 9.21 Å². The second-order valence-electron chi connectivity index (χ2n) is 8.14. The van der Waals surface area contributed by atoms with Crippen LogP contribution < -0.4 is 0 Å². The maximum atomic E-state index is 12.9. The second-order valence-corrected chi connectivity index (χ2v) is 10.6. The van der Waals surface area contributed by atoms with Gasteiger partial charge in [-0.3, -0.25) is 4.90 Å². The van der Waals surface area contributed by atoms with Crippen LogP contribution in [0.1, 0.15) is 48.4 Å². The number of piperidine rings is 2. The molecule has 0 unspecified atom stereocenters. The molecule has 1 aromatic carbocycles. The van der Waals surface area contributed by atoms with E-state index in [4.69, 9.17) is 11.6 Å². The average molecular weight is 397 g/mol. The van der Waals surface area contributed by atoms with Crippen molar-refractivity contribution in [1.29, 1.82) is 0 Å². The van der Waals surface area contributed by atoms with Gasteiger partial charge in [0.25, 0.3) is 0 Å². The molecule has 4 rings (SSSR count). The number of halogens is 1. The molecule has 3 aliphatic heterocycles. The minimum absolute atomic E-state index is 0.150. The Kier molecular flexibility index (Phi) is 5.35. The lowest BCUT2D eigenvalue weighted by Crippen LogP contribution is -2.57. The van der Waals surface area contributed by atoms with Crippen LogP contribution in [-0.2, 0) is 16.4 Å². The molecule has 144 valence electrons. The summed E-state index contributed by atoms with van der Waals surface area (Å²) in [6, 6.07) is 7.30. The number of fused-ring (bicyclic) bond motifs is 4. The minimum Gasteiger partial charge on any atom is -0.296 e. The van der Waals surface area contributed by atoms with E-state index >= 15 is 0 Å². The van der Waals surface area contributed by atoms with Crippen molar-refractivity contribution in [2.75, 3.05) is 31.3 Å². The third-order valence-electron chi connectivity index (χ3n) is 6.46. The molecule has 3 heterocycles. The van der Waals surface area contributed by atoms with Crippen LogP contribution in [-0.4, -0.2) is 54.9 Å². The van der Waals surface area contributed by atoms with Crippen LogP contribution in [0.4, 0.5) is 0 Å². The smallest absolute Gasteiger partial charge is 0.214 e. The first-order valence-electron chi connectivity index (χ1n) is 9.88. The first-order chi connectivity index (χ1) is 12.5. The van der Waals surface area contributed by atoms with Crippen LogP contribution in [0.3, 0.4) is 0 Å². The van der Waals surface area contributed by atoms with E-state index in [2.05, 4.69) is 30.0 Å². The standard InChI is InChI=1S/C20H29ClN2O2S/c1-15-5-6-16-7-10-22-14-17-4-2-9-23(26(24,25)11-3-8-21)19(17)13-20(22)18(16)12-15/h5-6,12,17,19-20H,2-4,7-11,13-14H2,1H3/t17-,19+,20+/m1/s1. The van der Waals surface area contributed by atoms with Crippen molar-refractivity contribution >= 4 is 21.6 Å². The Morgan fingerprint density at radius 3 is 2.92 bits per heavy atom. The van der Waals surface area contributed by atoms with Crippen molar-refractivity contribution in [3.63, 3.8) is 0 Å². The molecule has 0 bridgehead atoms. The van der Waals surface area contributed by atoms with Crippen molar-refractivity contribution in [3.8, 4) is 0 Å². The van der Waals surface area contributed by atoms with Gasteiger partial charge < -0.3 is 0 Å². The molecule has 2 fully saturated rings. The summed E-state index contributed by atoms with van der Waals surface area (Å²) in [5.74, 6) is 1.06. The van der Waals surface area contributed by atoms with E-state index in [0.717, 1.165) is 38.8 Å². The molecule has 6 heteroatoms. The topological polar surface area (TPSA) is 40.6 Å². The van der Waals surface area contributed by atoms with E-state index in [9.17, 15) is 8.42 Å². The van der Waals surface area contributed by atoms with Gasteiger partial charge in [-0.2, -0.15) is 4.31 Å². The number of hydrogen-bond acceptors (Lipinski definition) is 3. The zero-order chi connectivity index (χ0) is 18.3. The Hall–Kier alpha value is -0.620. The number of nitrogens with zero attached hydrogens (tertiary/aromatic N) is 2. The lowest BCUT2D eigenvalue weighted by atomic mass is 9.77. The molecular weight excluding hydrogens is 368 g/mol. The molecule has 26 heavy (non-hydrogen) atoms. The van der Waals surface area contributed by atoms with Crippen LogP contribution in [0, 0.1) is 12.8 Å². The van der Waals surface area contributed by atoms with E-state index in [0.29, 0.717) is 30.8 Å². The zero-order valence-electron chi connectivity index (χ0n) is 15.5. The fourth-order valence-electron chi connectivity index (χ4n) is 5.22. The summed E-state index contributed by atoms with van der Waals surface area (Å²) in [6.45, 7) is 4.96. The number of rotatable bonds is 4. The third-order valence-corrected chi connectivity index (χ3v) is 8.70. The summed E-state index contributed by atoms with van der Waals surface area (Å²) >= 11 is 5.76. The highest BCUT2D eigenvalue weighted by molar-refractivity contribution is 7.89. The third kappa shape index (κ3) is 3.44. The quantitative estimate of drug-likeness (QED) is 0.733. The highest BCUT2D eigenvalue weighted by Crippen LogP contribution is 2.43. The normalized spacial score (nSPS) is 29.7. The highest BCUT2D eigenvalue weighted by atomic mass is 35.5. The number of aryl methyl sites for hydroxylation is 1. The van der Waals surface area contributed by atoms with Gasteiger partial charge in [0.15, 0.2) is 0 Å². The Labute approximate surface area is 162 Å². The van der Waals surface area contributed by atoms with Gasteiger partial charge >= 0.3 is 0 Å². The van der Waals surface area contributed by atoms with E-state index in [1.807, 2.05) is 4.31 Å². The fourth-order valence-corrected chi connectivity index (χ4v) is 7.33. The molecule has 0 amide bonds. The zero-order valence-corrected chi connectivity index (χ0v) is 17.1. The van der Waals surface area contributed by atoms with Crippen molar-refractivity contribution < 1.29 is 8.42 Å². The van der Waals surface area contributed by atoms with Gasteiger partial charge in [-0.1, -0.05) is 23.8 Å². The maximum Gasteiger partial charge on any atom is 0.214 e. The predicted molar refractivity (Wildman–Crippen MR) is 106 cm³/mol. The molecular formula is C20H29ClN2O2S. The van der Waals surface area contributed by atoms with E-state index in [-0.39, 0.29) is 11.8 Å². The molecule has 4 nitrogen and oxygen atoms in total. The number of benzene rings is 1. The molecule has 0 radical (unpaired) electrons. The van der Waals surface area contributed by atoms with Gasteiger partial charge in [-0.05, 0) is 56.1 Å². The van der Waals surface area contributed by atoms with Crippen molar-refractivity contribution in [3.05, 3.63) is 34.9 Å². The van der Waals surface area contributed by atoms with Gasteiger partial charge in [0.1, 0.15) is 0 Å². The molecule has 3 atom stereocenters. The van der Waals surface area contributed by atoms with Crippen molar-refractivity contribution in [2.24, 2.45) is 5.92 Å². The first-order valence-corrected chi connectivity index (χ1v) is 12.0. The van der Waals surface area contributed by atoms with Crippen LogP contribution >= 0.6 is 11.6 Å². The molecule has 0 aliphatic carbocycles. The number of hydrogen-bond donors (Lipinski definition) is 0. The van der Waals surface area contributed by atoms with Gasteiger partial charge in [0, 0.05) is 37.6 Å². The Balaban J connectivity index is 1.62. The first kappa shape index (κ1) is 18.7. The minimum atomic E-state index is -3.21. The van der Waals surface area contributed by atoms with Gasteiger partial charge in [0.2, 0.25) is 10.0 Å². The highest BCUT2D eigenvalue weighted by Gasteiger charge is 2.45. The van der Waals surface area contributed by atoms with Crippen LogP contribution in [0.2, 0.25) is 0 Å². The Bertz CT molecular complexity index is 767. The molecule has 2 saturated heterocycles. The summed E-state index contributed by atoms with van der Waals surface area (Å²) < 4.78 is 27.7. The van der Waals surface area contributed by atoms with Gasteiger partial charge in [-0.25, -0.2) is 8.42 Å². The fraction of sp³-hybridized carbons (Fsp3) is 0.700. The molecule has 0 aromatic heterocycles. The predicted octanol–water partition coefficient (Wildman–Crippen LogP) is 3.34. The number of sulfonamides is 1. The summed E-state index contributed by atoms with van der Waals surface area (Å²) in [5.41, 5.74) is 4.17. The largest absolute Gasteiger partial charge is 0.296 e. The SMILES string of the molecule is Cc1ccc2c(c1)[C@@H]1C[C@H]3[C@H](CCCN3S(=O)(=O)CCCCl)CN1CC2. The lowest BCUT2D eigenvalue weighted by Gasteiger charge is -2.51. The summed E-state index contributed by atoms with van der Waals surface area (Å²) in [7, 11) is -3.21. The van der Waals surface area contributed by atoms with Crippen LogP contribution in [0.25, 0.3) is 0 Å². The number of alkyl halides is 1. The Morgan fingerprint density at radius 2 is 2.12 bits per heavy atom. The van der Waals surface area contributed by atoms with E-state index < -0.39 is 10.0 Å². The van der Waals surface area contributed by atoms with E-state index in [1.54, 1.807) is 0 Å². The van der Waals surface area contributed by atoms with E-state index in [1.165, 1.54) is 16.7 Å². The molecule has 3 aliphatic rings. The van der Waals surface area contributed by atoms with Crippen LogP contribution in [0.15, 0.2) is 18.2 Å². The maximum absolute atomic E-state index is 12.9. The second kappa shape index (κ2) is 7.42. The molecule has 0 saturated carbocycles. The molecule has 0 spiro atoms. The summed E-state index contributed by atoms with van der Waals surface area (Å²) in [4.78, 5) is 2.61. The lowest BCUT2D eigenvalue weighted by molar-refractivity contribution is 0.0220. The molecule has 1 aromatic rings. The summed E-state index contributed by atoms with van der Waals surface area (Å²) in [6.07, 6.45) is 4.71. The van der Waals surface area contributed by atoms with Gasteiger partial charge in [-0.15, -0.1) is 11.6 Å². The Morgan fingerprint density at radius 1 is 1.27 bits per heavy atom. The summed E-state index contributed by atoms with van der Waals surface area (Å²) in [5, 5.41) is 0. The monoisotopic (exact) mass is 396 g/mol. The van der Waals surface area contributed by atoms with Crippen molar-refractivity contribution in [2.45, 2.75) is 51.1 Å². The van der Waals surface area contributed by atoms with Gasteiger partial charge in [0.05, 0.1) is 5.75 Å². The molecule has 0 N–H and O–H groups in total.